The molecule has 0 bridgehead atoms. The monoisotopic (exact) mass is 417 g/mol. The molecule has 0 aromatic heterocycles. The molecule has 2 aliphatic rings. The molecule has 3 rings (SSSR count). The van der Waals surface area contributed by atoms with Gasteiger partial charge in [-0.05, 0) is 58.2 Å². The van der Waals surface area contributed by atoms with Crippen LogP contribution in [-0.2, 0) is 19.1 Å². The Morgan fingerprint density at radius 2 is 2.00 bits per heavy atom. The lowest BCUT2D eigenvalue weighted by Gasteiger charge is -2.39. The highest BCUT2D eigenvalue weighted by molar-refractivity contribution is 6.01. The zero-order valence-electron chi connectivity index (χ0n) is 17.9. The van der Waals surface area contributed by atoms with E-state index in [4.69, 9.17) is 4.74 Å². The number of esters is 1. The maximum absolute atomic E-state index is 12.1. The predicted octanol–water partition coefficient (Wildman–Crippen LogP) is 1.97. The lowest BCUT2D eigenvalue weighted by atomic mass is 9.88. The van der Waals surface area contributed by atoms with E-state index in [-0.39, 0.29) is 24.2 Å². The molecule has 1 aromatic carbocycles. The Hall–Kier alpha value is -2.61. The van der Waals surface area contributed by atoms with Gasteiger partial charge in [0.2, 0.25) is 11.8 Å². The minimum Gasteiger partial charge on any atom is -0.460 e. The van der Waals surface area contributed by atoms with E-state index in [1.807, 2.05) is 45.0 Å². The summed E-state index contributed by atoms with van der Waals surface area (Å²) >= 11 is 0. The molecule has 1 atom stereocenters. The van der Waals surface area contributed by atoms with Crippen molar-refractivity contribution in [3.8, 4) is 0 Å². The molecule has 164 valence electrons. The molecule has 8 heteroatoms. The van der Waals surface area contributed by atoms with Crippen LogP contribution in [0.1, 0.15) is 52.9 Å². The molecule has 3 N–H and O–H groups in total. The lowest BCUT2D eigenvalue weighted by Crippen LogP contribution is -2.47. The van der Waals surface area contributed by atoms with Gasteiger partial charge in [0.25, 0.3) is 0 Å². The molecule has 0 radical (unpaired) electrons. The van der Waals surface area contributed by atoms with Gasteiger partial charge in [0.05, 0.1) is 12.0 Å². The summed E-state index contributed by atoms with van der Waals surface area (Å²) in [5, 5.41) is 16.4. The summed E-state index contributed by atoms with van der Waals surface area (Å²) in [5.41, 5.74) is 0.161. The number of hydrogen-bond donors (Lipinski definition) is 3. The summed E-state index contributed by atoms with van der Waals surface area (Å²) < 4.78 is 5.35. The number of nitrogens with zero attached hydrogens (tertiary/aromatic N) is 1. The number of nitrogens with one attached hydrogen (secondary N) is 2. The first-order valence-corrected chi connectivity index (χ1v) is 10.4. The van der Waals surface area contributed by atoms with Gasteiger partial charge in [-0.1, -0.05) is 6.07 Å². The van der Waals surface area contributed by atoms with Crippen LogP contribution in [-0.4, -0.2) is 53.2 Å². The van der Waals surface area contributed by atoms with Crippen molar-refractivity contribution in [1.82, 2.24) is 5.32 Å². The van der Waals surface area contributed by atoms with Crippen LogP contribution < -0.4 is 15.5 Å². The first-order valence-electron chi connectivity index (χ1n) is 10.4. The van der Waals surface area contributed by atoms with Crippen molar-refractivity contribution in [1.29, 1.82) is 0 Å². The number of hydrogen-bond acceptors (Lipinski definition) is 7. The molecule has 0 aliphatic carbocycles. The number of anilines is 2. The topological polar surface area (TPSA) is 108 Å². The van der Waals surface area contributed by atoms with Gasteiger partial charge in [-0.15, -0.1) is 0 Å². The van der Waals surface area contributed by atoms with Crippen molar-refractivity contribution in [2.24, 2.45) is 0 Å². The number of imide groups is 1. The van der Waals surface area contributed by atoms with Crippen LogP contribution in [0.4, 0.5) is 11.4 Å². The van der Waals surface area contributed by atoms with Crippen LogP contribution in [0.5, 0.6) is 0 Å². The zero-order chi connectivity index (χ0) is 21.9. The number of benzene rings is 1. The van der Waals surface area contributed by atoms with E-state index in [2.05, 4.69) is 15.5 Å². The Morgan fingerprint density at radius 1 is 1.30 bits per heavy atom. The Kier molecular flexibility index (Phi) is 6.36. The third-order valence-electron chi connectivity index (χ3n) is 5.38. The Bertz CT molecular complexity index is 809. The average molecular weight is 418 g/mol. The van der Waals surface area contributed by atoms with Gasteiger partial charge in [-0.3, -0.25) is 19.7 Å². The van der Waals surface area contributed by atoms with Crippen LogP contribution in [0.25, 0.3) is 0 Å². The molecular weight excluding hydrogens is 386 g/mol. The maximum atomic E-state index is 12.1. The van der Waals surface area contributed by atoms with E-state index in [1.165, 1.54) is 0 Å². The summed E-state index contributed by atoms with van der Waals surface area (Å²) in [6.07, 6.45) is 1.73. The minimum atomic E-state index is -1.05. The SMILES string of the molecule is CC(C)(C)OC(=O)CC1(O)CCN(c2cccc(NC3CCC(=O)NC3=O)c2)CC1. The normalized spacial score (nSPS) is 21.7. The van der Waals surface area contributed by atoms with E-state index in [0.29, 0.717) is 38.8 Å². The van der Waals surface area contributed by atoms with Crippen LogP contribution in [0, 0.1) is 0 Å². The maximum Gasteiger partial charge on any atom is 0.309 e. The zero-order valence-corrected chi connectivity index (χ0v) is 17.9. The van der Waals surface area contributed by atoms with Crippen LogP contribution in [0.15, 0.2) is 24.3 Å². The van der Waals surface area contributed by atoms with Crippen molar-refractivity contribution in [3.05, 3.63) is 24.3 Å². The molecule has 0 spiro atoms. The number of piperidine rings is 2. The second-order valence-corrected chi connectivity index (χ2v) is 9.17. The van der Waals surface area contributed by atoms with E-state index in [9.17, 15) is 19.5 Å². The molecule has 1 aromatic rings. The number of carbonyl (C=O) groups excluding carboxylic acids is 3. The van der Waals surface area contributed by atoms with Gasteiger partial charge >= 0.3 is 5.97 Å². The summed E-state index contributed by atoms with van der Waals surface area (Å²) in [5.74, 6) is -0.922. The molecule has 2 amide bonds. The largest absolute Gasteiger partial charge is 0.460 e. The van der Waals surface area contributed by atoms with Crippen molar-refractivity contribution < 1.29 is 24.2 Å². The fraction of sp³-hybridized carbons (Fsp3) is 0.591. The van der Waals surface area contributed by atoms with Crippen LogP contribution in [0.3, 0.4) is 0 Å². The number of amides is 2. The standard InChI is InChI=1S/C22H31N3O5/c1-21(2,3)30-19(27)14-22(29)9-11-25(12-10-22)16-6-4-5-15(13-16)23-17-7-8-18(26)24-20(17)28/h4-6,13,17,23,29H,7-12,14H2,1-3H3,(H,24,26,28). The molecule has 1 unspecified atom stereocenters. The van der Waals surface area contributed by atoms with Gasteiger partial charge in [0.15, 0.2) is 0 Å². The quantitative estimate of drug-likeness (QED) is 0.496. The fourth-order valence-corrected chi connectivity index (χ4v) is 3.83. The van der Waals surface area contributed by atoms with Crippen molar-refractivity contribution in [3.63, 3.8) is 0 Å². The summed E-state index contributed by atoms with van der Waals surface area (Å²) in [6.45, 7) is 6.66. The number of ether oxygens (including phenoxy) is 1. The van der Waals surface area contributed by atoms with Gasteiger partial charge < -0.3 is 20.1 Å². The molecule has 0 saturated carbocycles. The fourth-order valence-electron chi connectivity index (χ4n) is 3.83. The molecule has 30 heavy (non-hydrogen) atoms. The van der Waals surface area contributed by atoms with E-state index >= 15 is 0 Å². The molecule has 8 nitrogen and oxygen atoms in total. The first-order chi connectivity index (χ1) is 14.0. The van der Waals surface area contributed by atoms with E-state index in [0.717, 1.165) is 11.4 Å². The summed E-state index contributed by atoms with van der Waals surface area (Å²) in [6, 6.07) is 7.30. The second-order valence-electron chi connectivity index (χ2n) is 9.17. The molecule has 2 saturated heterocycles. The predicted molar refractivity (Wildman–Crippen MR) is 113 cm³/mol. The van der Waals surface area contributed by atoms with Gasteiger partial charge in [-0.25, -0.2) is 0 Å². The van der Waals surface area contributed by atoms with Gasteiger partial charge in [0, 0.05) is 30.9 Å². The summed E-state index contributed by atoms with van der Waals surface area (Å²) in [4.78, 5) is 37.5. The third-order valence-corrected chi connectivity index (χ3v) is 5.38. The minimum absolute atomic E-state index is 0.00475. The lowest BCUT2D eigenvalue weighted by molar-refractivity contribution is -0.161. The summed E-state index contributed by atoms with van der Waals surface area (Å²) in [7, 11) is 0. The van der Waals surface area contributed by atoms with Crippen molar-refractivity contribution in [2.75, 3.05) is 23.3 Å². The Balaban J connectivity index is 1.57. The van der Waals surface area contributed by atoms with Gasteiger partial charge in [-0.2, -0.15) is 0 Å². The Labute approximate surface area is 177 Å². The third kappa shape index (κ3) is 5.95. The number of rotatable bonds is 5. The Morgan fingerprint density at radius 3 is 2.63 bits per heavy atom. The molecule has 2 aliphatic heterocycles. The van der Waals surface area contributed by atoms with E-state index in [1.54, 1.807) is 0 Å². The average Bonchev–Trinajstić information content (AvgIpc) is 2.63. The highest BCUT2D eigenvalue weighted by Gasteiger charge is 2.36. The van der Waals surface area contributed by atoms with Crippen LogP contribution in [0.2, 0.25) is 0 Å². The van der Waals surface area contributed by atoms with Gasteiger partial charge in [0.1, 0.15) is 11.6 Å². The number of aliphatic hydroxyl groups is 1. The van der Waals surface area contributed by atoms with E-state index < -0.39 is 17.2 Å². The van der Waals surface area contributed by atoms with Crippen molar-refractivity contribution >= 4 is 29.2 Å². The molecule has 2 fully saturated rings. The van der Waals surface area contributed by atoms with Crippen molar-refractivity contribution in [2.45, 2.75) is 70.1 Å². The smallest absolute Gasteiger partial charge is 0.309 e. The molecule has 2 heterocycles. The highest BCUT2D eigenvalue weighted by Crippen LogP contribution is 2.31. The second kappa shape index (κ2) is 8.63. The highest BCUT2D eigenvalue weighted by atomic mass is 16.6. The molecular formula is C22H31N3O5. The van der Waals surface area contributed by atoms with Crippen LogP contribution >= 0.6 is 0 Å². The first kappa shape index (κ1) is 22.1. The number of carbonyl (C=O) groups is 3.